The van der Waals surface area contributed by atoms with Crippen LogP contribution in [0.1, 0.15) is 44.8 Å². The Balaban J connectivity index is 2.26. The fourth-order valence-electron chi connectivity index (χ4n) is 2.65. The van der Waals surface area contributed by atoms with Gasteiger partial charge in [0.15, 0.2) is 0 Å². The van der Waals surface area contributed by atoms with Crippen LogP contribution in [-0.2, 0) is 0 Å². The Labute approximate surface area is 108 Å². The third-order valence-electron chi connectivity index (χ3n) is 3.80. The van der Waals surface area contributed by atoms with Crippen molar-refractivity contribution in [2.75, 3.05) is 18.0 Å². The molecule has 3 heteroatoms. The number of hydrogen-bond acceptors (Lipinski definition) is 2. The van der Waals surface area contributed by atoms with Crippen LogP contribution in [0.5, 0.6) is 0 Å². The first-order valence-electron chi connectivity index (χ1n) is 6.80. The van der Waals surface area contributed by atoms with Gasteiger partial charge in [0.25, 0.3) is 0 Å². The maximum Gasteiger partial charge on any atom is 0.123 e. The molecule has 1 aromatic carbocycles. The SMILES string of the molecule is CC1CCCN(c2ccc(F)cc2[C@H](C)O)CC1. The van der Waals surface area contributed by atoms with Gasteiger partial charge in [-0.2, -0.15) is 0 Å². The van der Waals surface area contributed by atoms with Gasteiger partial charge in [-0.1, -0.05) is 6.92 Å². The predicted molar refractivity (Wildman–Crippen MR) is 72.3 cm³/mol. The summed E-state index contributed by atoms with van der Waals surface area (Å²) in [6.45, 7) is 5.96. The van der Waals surface area contributed by atoms with Gasteiger partial charge in [-0.3, -0.25) is 0 Å². The number of halogens is 1. The van der Waals surface area contributed by atoms with E-state index < -0.39 is 6.10 Å². The molecule has 1 aliphatic heterocycles. The van der Waals surface area contributed by atoms with Crippen molar-refractivity contribution in [3.63, 3.8) is 0 Å². The average molecular weight is 251 g/mol. The third kappa shape index (κ3) is 3.02. The van der Waals surface area contributed by atoms with E-state index in [0.717, 1.165) is 37.5 Å². The van der Waals surface area contributed by atoms with Crippen LogP contribution < -0.4 is 4.90 Å². The summed E-state index contributed by atoms with van der Waals surface area (Å²) in [6.07, 6.45) is 2.95. The molecule has 0 bridgehead atoms. The fraction of sp³-hybridized carbons (Fsp3) is 0.600. The summed E-state index contributed by atoms with van der Waals surface area (Å²) in [5.41, 5.74) is 1.69. The van der Waals surface area contributed by atoms with Gasteiger partial charge in [-0.15, -0.1) is 0 Å². The maximum absolute atomic E-state index is 13.3. The summed E-state index contributed by atoms with van der Waals surface area (Å²) in [7, 11) is 0. The summed E-state index contributed by atoms with van der Waals surface area (Å²) in [6, 6.07) is 4.73. The summed E-state index contributed by atoms with van der Waals surface area (Å²) in [5, 5.41) is 9.79. The van der Waals surface area contributed by atoms with E-state index in [1.807, 2.05) is 0 Å². The molecular weight excluding hydrogens is 229 g/mol. The zero-order chi connectivity index (χ0) is 13.1. The first-order valence-corrected chi connectivity index (χ1v) is 6.80. The molecule has 0 aromatic heterocycles. The molecule has 2 atom stereocenters. The highest BCUT2D eigenvalue weighted by Gasteiger charge is 2.18. The van der Waals surface area contributed by atoms with E-state index in [2.05, 4.69) is 11.8 Å². The number of benzene rings is 1. The van der Waals surface area contributed by atoms with Gasteiger partial charge < -0.3 is 10.0 Å². The van der Waals surface area contributed by atoms with E-state index in [9.17, 15) is 9.50 Å². The second-order valence-electron chi connectivity index (χ2n) is 5.40. The van der Waals surface area contributed by atoms with Gasteiger partial charge in [-0.05, 0) is 50.3 Å². The number of anilines is 1. The van der Waals surface area contributed by atoms with Gasteiger partial charge in [0.2, 0.25) is 0 Å². The van der Waals surface area contributed by atoms with E-state index >= 15 is 0 Å². The van der Waals surface area contributed by atoms with Crippen molar-refractivity contribution in [1.29, 1.82) is 0 Å². The molecule has 1 saturated heterocycles. The molecule has 1 aliphatic rings. The molecule has 0 amide bonds. The quantitative estimate of drug-likeness (QED) is 0.869. The standard InChI is InChI=1S/C15H22FNO/c1-11-4-3-8-17(9-7-11)15-6-5-13(16)10-14(15)12(2)18/h5-6,10-12,18H,3-4,7-9H2,1-2H3/t11?,12-/m0/s1. The Morgan fingerprint density at radius 2 is 2.11 bits per heavy atom. The zero-order valence-corrected chi connectivity index (χ0v) is 11.2. The van der Waals surface area contributed by atoms with Crippen LogP contribution >= 0.6 is 0 Å². The van der Waals surface area contributed by atoms with Crippen molar-refractivity contribution < 1.29 is 9.50 Å². The minimum atomic E-state index is -0.628. The molecule has 18 heavy (non-hydrogen) atoms. The van der Waals surface area contributed by atoms with Crippen molar-refractivity contribution >= 4 is 5.69 Å². The Bertz CT molecular complexity index is 405. The Morgan fingerprint density at radius 1 is 1.33 bits per heavy atom. The van der Waals surface area contributed by atoms with Gasteiger partial charge in [0, 0.05) is 24.3 Å². The van der Waals surface area contributed by atoms with Crippen molar-refractivity contribution in [2.24, 2.45) is 5.92 Å². The van der Waals surface area contributed by atoms with Crippen LogP contribution in [0.2, 0.25) is 0 Å². The van der Waals surface area contributed by atoms with Crippen LogP contribution in [0.4, 0.5) is 10.1 Å². The first-order chi connectivity index (χ1) is 8.58. The van der Waals surface area contributed by atoms with Crippen LogP contribution in [0.15, 0.2) is 18.2 Å². The topological polar surface area (TPSA) is 23.5 Å². The molecule has 0 aliphatic carbocycles. The molecule has 1 fully saturated rings. The fourth-order valence-corrected chi connectivity index (χ4v) is 2.65. The Morgan fingerprint density at radius 3 is 2.83 bits per heavy atom. The lowest BCUT2D eigenvalue weighted by Crippen LogP contribution is -2.25. The van der Waals surface area contributed by atoms with Crippen molar-refractivity contribution in [2.45, 2.75) is 39.2 Å². The molecule has 2 nitrogen and oxygen atoms in total. The molecule has 1 aromatic rings. The van der Waals surface area contributed by atoms with Crippen LogP contribution in [0.25, 0.3) is 0 Å². The number of nitrogens with zero attached hydrogens (tertiary/aromatic N) is 1. The van der Waals surface area contributed by atoms with Crippen molar-refractivity contribution in [3.05, 3.63) is 29.6 Å². The molecule has 1 heterocycles. The van der Waals surface area contributed by atoms with Crippen molar-refractivity contribution in [3.8, 4) is 0 Å². The smallest absolute Gasteiger partial charge is 0.123 e. The molecule has 1 N–H and O–H groups in total. The zero-order valence-electron chi connectivity index (χ0n) is 11.2. The molecule has 0 saturated carbocycles. The molecule has 1 unspecified atom stereocenters. The number of aliphatic hydroxyl groups is 1. The lowest BCUT2D eigenvalue weighted by atomic mass is 10.0. The summed E-state index contributed by atoms with van der Waals surface area (Å²) >= 11 is 0. The van der Waals surface area contributed by atoms with E-state index in [1.165, 1.54) is 18.6 Å². The summed E-state index contributed by atoms with van der Waals surface area (Å²) in [5.74, 6) is 0.475. The number of aliphatic hydroxyl groups excluding tert-OH is 1. The van der Waals surface area contributed by atoms with E-state index in [0.29, 0.717) is 5.56 Å². The molecule has 0 radical (unpaired) electrons. The van der Waals surface area contributed by atoms with Crippen LogP contribution in [0, 0.1) is 11.7 Å². The first kappa shape index (κ1) is 13.3. The second-order valence-corrected chi connectivity index (χ2v) is 5.40. The minimum Gasteiger partial charge on any atom is -0.389 e. The van der Waals surface area contributed by atoms with E-state index in [-0.39, 0.29) is 5.82 Å². The molecule has 100 valence electrons. The molecular formula is C15H22FNO. The monoisotopic (exact) mass is 251 g/mol. The minimum absolute atomic E-state index is 0.280. The lowest BCUT2D eigenvalue weighted by Gasteiger charge is -2.26. The summed E-state index contributed by atoms with van der Waals surface area (Å²) in [4.78, 5) is 2.28. The van der Waals surface area contributed by atoms with Gasteiger partial charge in [0.05, 0.1) is 6.10 Å². The highest BCUT2D eigenvalue weighted by molar-refractivity contribution is 5.54. The summed E-state index contributed by atoms with van der Waals surface area (Å²) < 4.78 is 13.3. The highest BCUT2D eigenvalue weighted by atomic mass is 19.1. The normalized spacial score (nSPS) is 22.7. The predicted octanol–water partition coefficient (Wildman–Crippen LogP) is 3.51. The average Bonchev–Trinajstić information content (AvgIpc) is 2.54. The molecule has 2 rings (SSSR count). The largest absolute Gasteiger partial charge is 0.389 e. The van der Waals surface area contributed by atoms with E-state index in [1.54, 1.807) is 13.0 Å². The third-order valence-corrected chi connectivity index (χ3v) is 3.80. The number of rotatable bonds is 2. The van der Waals surface area contributed by atoms with Gasteiger partial charge in [-0.25, -0.2) is 4.39 Å². The van der Waals surface area contributed by atoms with Gasteiger partial charge >= 0.3 is 0 Å². The van der Waals surface area contributed by atoms with E-state index in [4.69, 9.17) is 0 Å². The van der Waals surface area contributed by atoms with Crippen molar-refractivity contribution in [1.82, 2.24) is 0 Å². The Kier molecular flexibility index (Phi) is 4.23. The molecule has 0 spiro atoms. The van der Waals surface area contributed by atoms with Crippen LogP contribution in [0.3, 0.4) is 0 Å². The van der Waals surface area contributed by atoms with Crippen LogP contribution in [-0.4, -0.2) is 18.2 Å². The van der Waals surface area contributed by atoms with Gasteiger partial charge in [0.1, 0.15) is 5.82 Å². The number of hydrogen-bond donors (Lipinski definition) is 1. The lowest BCUT2D eigenvalue weighted by molar-refractivity contribution is 0.199. The Hall–Kier alpha value is -1.09. The highest BCUT2D eigenvalue weighted by Crippen LogP contribution is 2.30. The second kappa shape index (κ2) is 5.70. The maximum atomic E-state index is 13.3.